The van der Waals surface area contributed by atoms with Crippen LogP contribution in [-0.4, -0.2) is 37.2 Å². The number of rotatable bonds is 8. The van der Waals surface area contributed by atoms with Gasteiger partial charge in [0.05, 0.1) is 5.69 Å². The van der Waals surface area contributed by atoms with Gasteiger partial charge < -0.3 is 14.4 Å². The van der Waals surface area contributed by atoms with Crippen molar-refractivity contribution in [1.29, 1.82) is 0 Å². The molecule has 0 bridgehead atoms. The maximum atomic E-state index is 5.51. The highest BCUT2D eigenvalue weighted by Gasteiger charge is 2.30. The summed E-state index contributed by atoms with van der Waals surface area (Å²) in [4.78, 5) is 7.40. The Morgan fingerprint density at radius 3 is 2.93 bits per heavy atom. The van der Waals surface area contributed by atoms with Crippen LogP contribution in [0.2, 0.25) is 0 Å². The van der Waals surface area contributed by atoms with Crippen LogP contribution in [0.15, 0.2) is 35.6 Å². The first-order chi connectivity index (χ1) is 14.2. The Morgan fingerprint density at radius 2 is 2.10 bits per heavy atom. The Labute approximate surface area is 174 Å². The van der Waals surface area contributed by atoms with Crippen LogP contribution in [0.25, 0.3) is 0 Å². The number of hydrazine groups is 1. The van der Waals surface area contributed by atoms with Crippen molar-refractivity contribution in [3.8, 4) is 11.5 Å². The molecule has 1 N–H and O–H groups in total. The molecule has 3 heterocycles. The van der Waals surface area contributed by atoms with Crippen LogP contribution in [0.3, 0.4) is 0 Å². The fourth-order valence-corrected chi connectivity index (χ4v) is 4.62. The standard InChI is InChI=1S/C23H34N4O2/c1-4-7-18(5-2)11-13-26-12-6-8-19(15-26)23-24-17(3)27(25-23)20-9-10-21-22(14-20)29-16-28-21/h9-10,14,18-19H,3-8,11-13,15-16H2,1-2H3,(H,24,25)/t18?,19-/m0/s1. The smallest absolute Gasteiger partial charge is 0.231 e. The lowest BCUT2D eigenvalue weighted by molar-refractivity contribution is 0.174. The first-order valence-corrected chi connectivity index (χ1v) is 11.1. The molecule has 2 atom stereocenters. The van der Waals surface area contributed by atoms with Crippen LogP contribution in [0.1, 0.15) is 52.4 Å². The second-order valence-electron chi connectivity index (χ2n) is 8.39. The van der Waals surface area contributed by atoms with Crippen molar-refractivity contribution in [3.63, 3.8) is 0 Å². The quantitative estimate of drug-likeness (QED) is 0.697. The summed E-state index contributed by atoms with van der Waals surface area (Å²) < 4.78 is 10.9. The highest BCUT2D eigenvalue weighted by molar-refractivity contribution is 5.90. The van der Waals surface area contributed by atoms with Crippen molar-refractivity contribution in [2.75, 3.05) is 31.4 Å². The van der Waals surface area contributed by atoms with Crippen LogP contribution in [0, 0.1) is 11.8 Å². The summed E-state index contributed by atoms with van der Waals surface area (Å²) in [5.74, 6) is 4.63. The minimum absolute atomic E-state index is 0.282. The van der Waals surface area contributed by atoms with E-state index in [1.165, 1.54) is 51.6 Å². The highest BCUT2D eigenvalue weighted by Crippen LogP contribution is 2.36. The van der Waals surface area contributed by atoms with E-state index < -0.39 is 0 Å². The minimum Gasteiger partial charge on any atom is -0.454 e. The number of likely N-dealkylation sites (tertiary alicyclic amines) is 1. The second-order valence-corrected chi connectivity index (χ2v) is 8.39. The average molecular weight is 399 g/mol. The molecule has 1 saturated heterocycles. The fourth-order valence-electron chi connectivity index (χ4n) is 4.62. The first-order valence-electron chi connectivity index (χ1n) is 11.1. The van der Waals surface area contributed by atoms with E-state index >= 15 is 0 Å². The maximum Gasteiger partial charge on any atom is 0.231 e. The lowest BCUT2D eigenvalue weighted by Crippen LogP contribution is -2.45. The summed E-state index contributed by atoms with van der Waals surface area (Å²) in [5, 5.41) is 1.95. The van der Waals surface area contributed by atoms with Crippen LogP contribution in [0.5, 0.6) is 11.5 Å². The molecule has 1 aromatic rings. The molecule has 6 heteroatoms. The molecule has 0 amide bonds. The van der Waals surface area contributed by atoms with Crippen LogP contribution >= 0.6 is 0 Å². The van der Waals surface area contributed by atoms with Gasteiger partial charge in [0.15, 0.2) is 11.5 Å². The molecule has 1 unspecified atom stereocenters. The number of amidine groups is 1. The Kier molecular flexibility index (Phi) is 6.28. The normalized spacial score (nSPS) is 22.6. The topological polar surface area (TPSA) is 49.3 Å². The number of hydrogen-bond donors (Lipinski definition) is 1. The molecule has 6 nitrogen and oxygen atoms in total. The molecular formula is C23H34N4O2. The number of hydrogen-bond acceptors (Lipinski definition) is 6. The lowest BCUT2D eigenvalue weighted by Gasteiger charge is -2.34. The molecule has 0 radical (unpaired) electrons. The number of aliphatic imine (C=N–C) groups is 1. The number of fused-ring (bicyclic) bond motifs is 1. The van der Waals surface area contributed by atoms with E-state index in [0.29, 0.717) is 5.92 Å². The predicted molar refractivity (Wildman–Crippen MR) is 117 cm³/mol. The van der Waals surface area contributed by atoms with Gasteiger partial charge in [-0.1, -0.05) is 39.7 Å². The van der Waals surface area contributed by atoms with Gasteiger partial charge >= 0.3 is 0 Å². The van der Waals surface area contributed by atoms with Crippen LogP contribution < -0.4 is 19.9 Å². The third-order valence-corrected chi connectivity index (χ3v) is 6.37. The van der Waals surface area contributed by atoms with Crippen molar-refractivity contribution in [2.45, 2.75) is 52.4 Å². The third-order valence-electron chi connectivity index (χ3n) is 6.37. The van der Waals surface area contributed by atoms with Gasteiger partial charge in [0.2, 0.25) is 6.79 Å². The zero-order valence-corrected chi connectivity index (χ0v) is 17.8. The predicted octanol–water partition coefficient (Wildman–Crippen LogP) is 4.54. The van der Waals surface area contributed by atoms with E-state index in [1.807, 2.05) is 23.2 Å². The Hall–Kier alpha value is -2.21. The monoisotopic (exact) mass is 398 g/mol. The van der Waals surface area contributed by atoms with Crippen molar-refractivity contribution in [3.05, 3.63) is 30.6 Å². The molecule has 1 fully saturated rings. The van der Waals surface area contributed by atoms with E-state index in [4.69, 9.17) is 14.5 Å². The van der Waals surface area contributed by atoms with Gasteiger partial charge in [0.25, 0.3) is 0 Å². The van der Waals surface area contributed by atoms with Gasteiger partial charge in [0, 0.05) is 18.5 Å². The average Bonchev–Trinajstić information content (AvgIpc) is 3.37. The molecule has 0 spiro atoms. The van der Waals surface area contributed by atoms with E-state index in [1.54, 1.807) is 0 Å². The lowest BCUT2D eigenvalue weighted by atomic mass is 9.94. The van der Waals surface area contributed by atoms with E-state index in [2.05, 4.69) is 30.8 Å². The van der Waals surface area contributed by atoms with Gasteiger partial charge in [-0.05, 0) is 50.4 Å². The molecule has 0 aliphatic carbocycles. The molecule has 3 aliphatic heterocycles. The van der Waals surface area contributed by atoms with E-state index in [9.17, 15) is 0 Å². The van der Waals surface area contributed by atoms with Gasteiger partial charge in [-0.2, -0.15) is 0 Å². The molecule has 29 heavy (non-hydrogen) atoms. The molecule has 0 aromatic heterocycles. The first kappa shape index (κ1) is 20.1. The zero-order chi connectivity index (χ0) is 20.2. The summed E-state index contributed by atoms with van der Waals surface area (Å²) in [5.41, 5.74) is 4.46. The number of piperidine rings is 1. The molecule has 1 aromatic carbocycles. The Morgan fingerprint density at radius 1 is 1.24 bits per heavy atom. The molecule has 4 rings (SSSR count). The fraction of sp³-hybridized carbons (Fsp3) is 0.609. The molecule has 3 aliphatic rings. The van der Waals surface area contributed by atoms with Crippen molar-refractivity contribution in [1.82, 2.24) is 10.3 Å². The van der Waals surface area contributed by atoms with Gasteiger partial charge in [-0.25, -0.2) is 10.0 Å². The number of nitrogens with zero attached hydrogens (tertiary/aromatic N) is 3. The third kappa shape index (κ3) is 4.53. The van der Waals surface area contributed by atoms with Crippen LogP contribution in [-0.2, 0) is 0 Å². The van der Waals surface area contributed by atoms with Crippen molar-refractivity contribution in [2.24, 2.45) is 16.8 Å². The van der Waals surface area contributed by atoms with Crippen LogP contribution in [0.4, 0.5) is 5.69 Å². The summed E-state index contributed by atoms with van der Waals surface area (Å²) >= 11 is 0. The molecule has 158 valence electrons. The summed E-state index contributed by atoms with van der Waals surface area (Å²) in [6.45, 7) is 12.5. The largest absolute Gasteiger partial charge is 0.454 e. The van der Waals surface area contributed by atoms with Crippen molar-refractivity contribution < 1.29 is 9.47 Å². The maximum absolute atomic E-state index is 5.51. The van der Waals surface area contributed by atoms with E-state index in [0.717, 1.165) is 41.3 Å². The zero-order valence-electron chi connectivity index (χ0n) is 17.8. The molecule has 0 saturated carbocycles. The summed E-state index contributed by atoms with van der Waals surface area (Å²) in [7, 11) is 0. The number of anilines is 1. The highest BCUT2D eigenvalue weighted by atomic mass is 16.7. The number of ether oxygens (including phenoxy) is 2. The number of nitrogens with one attached hydrogen (secondary N) is 1. The number of benzene rings is 1. The second kappa shape index (κ2) is 9.08. The van der Waals surface area contributed by atoms with Gasteiger partial charge in [0.1, 0.15) is 11.7 Å². The Balaban J connectivity index is 1.35. The Bertz CT molecular complexity index is 763. The van der Waals surface area contributed by atoms with Gasteiger partial charge in [-0.3, -0.25) is 5.43 Å². The molecular weight excluding hydrogens is 364 g/mol. The van der Waals surface area contributed by atoms with Gasteiger partial charge in [-0.15, -0.1) is 0 Å². The SMILES string of the molecule is C=C1N=C([C@H]2CCCN(CCC(CC)CCC)C2)NN1c1ccc2c(c1)OCO2. The summed E-state index contributed by atoms with van der Waals surface area (Å²) in [6, 6.07) is 5.92. The minimum atomic E-state index is 0.282. The van der Waals surface area contributed by atoms with Crippen molar-refractivity contribution >= 4 is 11.5 Å². The summed E-state index contributed by atoms with van der Waals surface area (Å²) in [6.07, 6.45) is 7.66. The van der Waals surface area contributed by atoms with E-state index in [-0.39, 0.29) is 6.79 Å².